The van der Waals surface area contributed by atoms with E-state index >= 15 is 0 Å². The highest BCUT2D eigenvalue weighted by atomic mass is 35.5. The van der Waals surface area contributed by atoms with Crippen molar-refractivity contribution in [1.29, 1.82) is 0 Å². The lowest BCUT2D eigenvalue weighted by molar-refractivity contribution is 0.545. The molecule has 0 fully saturated rings. The molecule has 0 unspecified atom stereocenters. The van der Waals surface area contributed by atoms with Crippen molar-refractivity contribution in [2.75, 3.05) is 11.9 Å². The molecule has 0 bridgehead atoms. The van der Waals surface area contributed by atoms with Crippen LogP contribution in [0.2, 0.25) is 5.15 Å². The highest BCUT2D eigenvalue weighted by molar-refractivity contribution is 6.30. The molecule has 0 aliphatic carbocycles. The van der Waals surface area contributed by atoms with E-state index in [4.69, 9.17) is 18.0 Å². The molecule has 1 aromatic rings. The van der Waals surface area contributed by atoms with Crippen molar-refractivity contribution in [3.05, 3.63) is 16.5 Å². The van der Waals surface area contributed by atoms with Gasteiger partial charge in [0.15, 0.2) is 0 Å². The minimum absolute atomic E-state index is 0.135. The summed E-state index contributed by atoms with van der Waals surface area (Å²) in [5, 5.41) is 3.52. The Morgan fingerprint density at radius 2 is 2.00 bits per heavy atom. The number of nitrogens with zero attached hydrogens (tertiary/aromatic N) is 2. The monoisotopic (exact) mass is 237 g/mol. The molecule has 1 N–H and O–H groups in total. The fourth-order valence-electron chi connectivity index (χ4n) is 1.13. The van der Waals surface area contributed by atoms with E-state index in [1.807, 2.05) is 27.7 Å². The van der Waals surface area contributed by atoms with E-state index in [1.54, 1.807) is 0 Å². The Morgan fingerprint density at radius 1 is 1.38 bits per heavy atom. The lowest BCUT2D eigenvalue weighted by Gasteiger charge is -2.19. The lowest BCUT2D eigenvalue weighted by atomic mass is 9.95. The molecule has 16 heavy (non-hydrogen) atoms. The first-order valence-corrected chi connectivity index (χ1v) is 5.46. The summed E-state index contributed by atoms with van der Waals surface area (Å²) >= 11 is 6.06. The summed E-state index contributed by atoms with van der Waals surface area (Å²) in [6.45, 7) is 8.42. The van der Waals surface area contributed by atoms with Gasteiger partial charge in [0.25, 0.3) is 0 Å². The molecular weight excluding hydrogens is 222 g/mol. The van der Waals surface area contributed by atoms with E-state index in [2.05, 4.69) is 21.2 Å². The topological polar surface area (TPSA) is 37.8 Å². The van der Waals surface area contributed by atoms with Gasteiger partial charge in [-0.1, -0.05) is 38.3 Å². The van der Waals surface area contributed by atoms with E-state index in [9.17, 15) is 0 Å². The number of rotatable bonds is 2. The third-order valence-electron chi connectivity index (χ3n) is 2.12. The van der Waals surface area contributed by atoms with Crippen LogP contribution in [0.1, 0.15) is 32.2 Å². The molecule has 4 heteroatoms. The van der Waals surface area contributed by atoms with Gasteiger partial charge in [-0.2, -0.15) is 0 Å². The third kappa shape index (κ3) is 2.86. The van der Waals surface area contributed by atoms with E-state index in [-0.39, 0.29) is 5.41 Å². The molecule has 0 saturated heterocycles. The first kappa shape index (κ1) is 12.8. The Bertz CT molecular complexity index is 427. The zero-order valence-electron chi connectivity index (χ0n) is 10.1. The Kier molecular flexibility index (Phi) is 3.77. The van der Waals surface area contributed by atoms with Gasteiger partial charge in [0.1, 0.15) is 16.8 Å². The first-order chi connectivity index (χ1) is 7.36. The predicted molar refractivity (Wildman–Crippen MR) is 67.8 cm³/mol. The average molecular weight is 238 g/mol. The summed E-state index contributed by atoms with van der Waals surface area (Å²) in [4.78, 5) is 8.72. The lowest BCUT2D eigenvalue weighted by Crippen LogP contribution is -2.18. The Hall–Kier alpha value is -1.27. The molecule has 3 nitrogen and oxygen atoms in total. The standard InChI is InChI=1S/C12H16ClN3/c1-6-7-14-10-8(2)9(13)15-11(16-10)12(3,4)5/h1H,7H2,2-5H3,(H,14,15,16). The molecule has 0 spiro atoms. The molecule has 1 rings (SSSR count). The molecule has 0 atom stereocenters. The zero-order chi connectivity index (χ0) is 12.3. The van der Waals surface area contributed by atoms with Crippen LogP contribution >= 0.6 is 11.6 Å². The second-order valence-electron chi connectivity index (χ2n) is 4.62. The molecule has 1 aromatic heterocycles. The first-order valence-electron chi connectivity index (χ1n) is 5.08. The summed E-state index contributed by atoms with van der Waals surface area (Å²) in [7, 11) is 0. The minimum Gasteiger partial charge on any atom is -0.359 e. The van der Waals surface area contributed by atoms with Crippen LogP contribution in [-0.4, -0.2) is 16.5 Å². The highest BCUT2D eigenvalue weighted by Crippen LogP contribution is 2.25. The highest BCUT2D eigenvalue weighted by Gasteiger charge is 2.20. The predicted octanol–water partition coefficient (Wildman–Crippen LogP) is 2.78. The molecule has 86 valence electrons. The largest absolute Gasteiger partial charge is 0.359 e. The van der Waals surface area contributed by atoms with Gasteiger partial charge in [-0.3, -0.25) is 0 Å². The third-order valence-corrected chi connectivity index (χ3v) is 2.48. The van der Waals surface area contributed by atoms with Gasteiger partial charge in [0.05, 0.1) is 6.54 Å². The molecule has 0 amide bonds. The number of terminal acetylenes is 1. The normalized spacial score (nSPS) is 11.0. The van der Waals surface area contributed by atoms with Gasteiger partial charge < -0.3 is 5.32 Å². The quantitative estimate of drug-likeness (QED) is 0.635. The molecule has 0 aliphatic rings. The fourth-order valence-corrected chi connectivity index (χ4v) is 1.30. The second-order valence-corrected chi connectivity index (χ2v) is 4.98. The average Bonchev–Trinajstić information content (AvgIpc) is 2.18. The number of aromatic nitrogens is 2. The van der Waals surface area contributed by atoms with Crippen LogP contribution in [0.3, 0.4) is 0 Å². The Morgan fingerprint density at radius 3 is 2.50 bits per heavy atom. The number of anilines is 1. The molecular formula is C12H16ClN3. The van der Waals surface area contributed by atoms with Gasteiger partial charge >= 0.3 is 0 Å². The summed E-state index contributed by atoms with van der Waals surface area (Å²) in [6, 6.07) is 0. The smallest absolute Gasteiger partial charge is 0.137 e. The van der Waals surface area contributed by atoms with Crippen LogP contribution in [-0.2, 0) is 5.41 Å². The molecule has 0 radical (unpaired) electrons. The van der Waals surface area contributed by atoms with Gasteiger partial charge in [0, 0.05) is 11.0 Å². The number of nitrogens with one attached hydrogen (secondary N) is 1. The van der Waals surface area contributed by atoms with Crippen molar-refractivity contribution in [2.45, 2.75) is 33.1 Å². The molecule has 0 aromatic carbocycles. The summed E-state index contributed by atoms with van der Waals surface area (Å²) < 4.78 is 0. The Labute approximate surface area is 102 Å². The van der Waals surface area contributed by atoms with Crippen LogP contribution in [0.4, 0.5) is 5.82 Å². The van der Waals surface area contributed by atoms with E-state index < -0.39 is 0 Å². The van der Waals surface area contributed by atoms with Gasteiger partial charge in [-0.15, -0.1) is 6.42 Å². The van der Waals surface area contributed by atoms with E-state index in [0.717, 1.165) is 5.56 Å². The van der Waals surface area contributed by atoms with E-state index in [1.165, 1.54) is 0 Å². The number of halogens is 1. The van der Waals surface area contributed by atoms with Gasteiger partial charge in [-0.25, -0.2) is 9.97 Å². The van der Waals surface area contributed by atoms with Crippen LogP contribution in [0.5, 0.6) is 0 Å². The van der Waals surface area contributed by atoms with Crippen molar-refractivity contribution >= 4 is 17.4 Å². The van der Waals surface area contributed by atoms with Crippen LogP contribution in [0, 0.1) is 19.3 Å². The zero-order valence-corrected chi connectivity index (χ0v) is 10.8. The number of hydrogen-bond donors (Lipinski definition) is 1. The fraction of sp³-hybridized carbons (Fsp3) is 0.500. The molecule has 0 saturated carbocycles. The van der Waals surface area contributed by atoms with Crippen LogP contribution < -0.4 is 5.32 Å². The minimum atomic E-state index is -0.135. The van der Waals surface area contributed by atoms with Crippen molar-refractivity contribution in [1.82, 2.24) is 9.97 Å². The summed E-state index contributed by atoms with van der Waals surface area (Å²) in [6.07, 6.45) is 5.20. The second kappa shape index (κ2) is 4.71. The van der Waals surface area contributed by atoms with E-state index in [0.29, 0.717) is 23.3 Å². The Balaban J connectivity index is 3.18. The number of hydrogen-bond acceptors (Lipinski definition) is 3. The van der Waals surface area contributed by atoms with Crippen LogP contribution in [0.15, 0.2) is 0 Å². The maximum Gasteiger partial charge on any atom is 0.137 e. The van der Waals surface area contributed by atoms with Crippen molar-refractivity contribution < 1.29 is 0 Å². The maximum atomic E-state index is 6.06. The van der Waals surface area contributed by atoms with Gasteiger partial charge in [-0.05, 0) is 6.92 Å². The van der Waals surface area contributed by atoms with Gasteiger partial charge in [0.2, 0.25) is 0 Å². The van der Waals surface area contributed by atoms with Crippen molar-refractivity contribution in [2.24, 2.45) is 0 Å². The summed E-state index contributed by atoms with van der Waals surface area (Å²) in [5.41, 5.74) is 0.689. The van der Waals surface area contributed by atoms with Crippen molar-refractivity contribution in [3.8, 4) is 12.3 Å². The molecule has 0 aliphatic heterocycles. The van der Waals surface area contributed by atoms with Crippen LogP contribution in [0.25, 0.3) is 0 Å². The SMILES string of the molecule is C#CCNc1nc(C(C)(C)C)nc(Cl)c1C. The maximum absolute atomic E-state index is 6.06. The van der Waals surface area contributed by atoms with Crippen molar-refractivity contribution in [3.63, 3.8) is 0 Å². The summed E-state index contributed by atoms with van der Waals surface area (Å²) in [5.74, 6) is 3.93. The molecule has 1 heterocycles.